The number of aromatic nitrogens is 3. The average molecular weight is 433 g/mol. The molecule has 0 N–H and O–H groups in total. The number of furan rings is 1. The third kappa shape index (κ3) is 2.90. The first-order valence-electron chi connectivity index (χ1n) is 9.08. The van der Waals surface area contributed by atoms with E-state index >= 15 is 0 Å². The van der Waals surface area contributed by atoms with Crippen LogP contribution in [0.2, 0.25) is 0 Å². The van der Waals surface area contributed by atoms with Gasteiger partial charge in [0.2, 0.25) is 0 Å². The molecule has 5 rings (SSSR count). The molecule has 28 heavy (non-hydrogen) atoms. The minimum atomic E-state index is -0.0308. The van der Waals surface area contributed by atoms with Crippen molar-refractivity contribution in [3.8, 4) is 11.1 Å². The maximum Gasteiger partial charge on any atom is 0.159 e. The van der Waals surface area contributed by atoms with E-state index in [0.29, 0.717) is 6.42 Å². The summed E-state index contributed by atoms with van der Waals surface area (Å²) in [7, 11) is 0. The maximum absolute atomic E-state index is 5.65. The number of rotatable bonds is 3. The van der Waals surface area contributed by atoms with Gasteiger partial charge in [0.1, 0.15) is 11.8 Å². The molecule has 0 aliphatic carbocycles. The summed E-state index contributed by atoms with van der Waals surface area (Å²) < 4.78 is 8.70. The summed E-state index contributed by atoms with van der Waals surface area (Å²) in [6, 6.07) is 18.0. The molecule has 138 valence electrons. The molecule has 6 heteroatoms. The summed E-state index contributed by atoms with van der Waals surface area (Å²) in [6.07, 6.45) is 4.18. The molecule has 1 aliphatic rings. The number of halogens is 1. The van der Waals surface area contributed by atoms with E-state index in [4.69, 9.17) is 14.5 Å². The van der Waals surface area contributed by atoms with E-state index in [2.05, 4.69) is 33.0 Å². The molecule has 1 aliphatic heterocycles. The van der Waals surface area contributed by atoms with Gasteiger partial charge in [-0.15, -0.1) is 0 Å². The van der Waals surface area contributed by atoms with Crippen LogP contribution in [-0.2, 0) is 0 Å². The van der Waals surface area contributed by atoms with Crippen LogP contribution in [0.25, 0.3) is 11.1 Å². The standard InChI is InChI=1S/C22H17BrN4O/c1-14-21(15-7-9-16(23)10-8-15)22-25-18(20-6-4-12-28-20)13-19(27(22)26-14)17-5-2-3-11-24-17/h2-12,19H,13H2,1H3. The number of aliphatic imine (C=N–C) groups is 1. The number of aryl methyl sites for hydroxylation is 1. The Balaban J connectivity index is 1.72. The Labute approximate surface area is 170 Å². The third-order valence-electron chi connectivity index (χ3n) is 4.95. The van der Waals surface area contributed by atoms with E-state index in [-0.39, 0.29) is 6.04 Å². The predicted octanol–water partition coefficient (Wildman–Crippen LogP) is 5.72. The normalized spacial score (nSPS) is 15.9. The zero-order chi connectivity index (χ0) is 19.1. The van der Waals surface area contributed by atoms with E-state index in [1.54, 1.807) is 6.26 Å². The second-order valence-electron chi connectivity index (χ2n) is 6.75. The first-order valence-corrected chi connectivity index (χ1v) is 9.87. The van der Waals surface area contributed by atoms with Crippen molar-refractivity contribution in [3.05, 3.63) is 88.7 Å². The van der Waals surface area contributed by atoms with Crippen molar-refractivity contribution in [1.82, 2.24) is 14.8 Å². The van der Waals surface area contributed by atoms with Crippen LogP contribution in [0.4, 0.5) is 5.82 Å². The molecule has 1 aromatic carbocycles. The summed E-state index contributed by atoms with van der Waals surface area (Å²) >= 11 is 3.51. The van der Waals surface area contributed by atoms with Crippen LogP contribution in [0.3, 0.4) is 0 Å². The van der Waals surface area contributed by atoms with Crippen LogP contribution in [0.15, 0.2) is 80.9 Å². The summed E-state index contributed by atoms with van der Waals surface area (Å²) in [4.78, 5) is 9.55. The predicted molar refractivity (Wildman–Crippen MR) is 112 cm³/mol. The van der Waals surface area contributed by atoms with E-state index in [9.17, 15) is 0 Å². The zero-order valence-corrected chi connectivity index (χ0v) is 16.8. The van der Waals surface area contributed by atoms with Crippen molar-refractivity contribution >= 4 is 27.5 Å². The highest BCUT2D eigenvalue weighted by molar-refractivity contribution is 9.10. The molecule has 0 radical (unpaired) electrons. The topological polar surface area (TPSA) is 56.2 Å². The van der Waals surface area contributed by atoms with Gasteiger partial charge in [-0.3, -0.25) is 4.98 Å². The van der Waals surface area contributed by atoms with Crippen molar-refractivity contribution in [2.45, 2.75) is 19.4 Å². The lowest BCUT2D eigenvalue weighted by Crippen LogP contribution is -2.21. The van der Waals surface area contributed by atoms with Crippen LogP contribution in [0.1, 0.15) is 29.6 Å². The molecule has 4 heterocycles. The molecule has 0 spiro atoms. The molecule has 1 unspecified atom stereocenters. The lowest BCUT2D eigenvalue weighted by atomic mass is 10.0. The summed E-state index contributed by atoms with van der Waals surface area (Å²) in [5.41, 5.74) is 4.95. The minimum Gasteiger partial charge on any atom is -0.463 e. The second kappa shape index (κ2) is 6.87. The summed E-state index contributed by atoms with van der Waals surface area (Å²) in [5, 5.41) is 4.85. The molecule has 0 saturated heterocycles. The molecule has 3 aromatic heterocycles. The van der Waals surface area contributed by atoms with Gasteiger partial charge in [0.05, 0.1) is 23.4 Å². The van der Waals surface area contributed by atoms with Gasteiger partial charge in [-0.1, -0.05) is 34.1 Å². The SMILES string of the molecule is Cc1nn2c(c1-c1ccc(Br)cc1)N=C(c1ccco1)CC2c1ccccn1. The Bertz CT molecular complexity index is 1150. The van der Waals surface area contributed by atoms with Crippen LogP contribution >= 0.6 is 15.9 Å². The van der Waals surface area contributed by atoms with E-state index < -0.39 is 0 Å². The Morgan fingerprint density at radius 1 is 1.07 bits per heavy atom. The van der Waals surface area contributed by atoms with Gasteiger partial charge >= 0.3 is 0 Å². The average Bonchev–Trinajstić information content (AvgIpc) is 3.36. The van der Waals surface area contributed by atoms with Gasteiger partial charge in [0.15, 0.2) is 5.82 Å². The number of fused-ring (bicyclic) bond motifs is 1. The van der Waals surface area contributed by atoms with Gasteiger partial charge < -0.3 is 4.42 Å². The van der Waals surface area contributed by atoms with Crippen molar-refractivity contribution in [1.29, 1.82) is 0 Å². The molecule has 0 saturated carbocycles. The fourth-order valence-corrected chi connectivity index (χ4v) is 3.92. The fourth-order valence-electron chi connectivity index (χ4n) is 3.66. The summed E-state index contributed by atoms with van der Waals surface area (Å²) in [5.74, 6) is 1.63. The van der Waals surface area contributed by atoms with Gasteiger partial charge in [0, 0.05) is 22.7 Å². The van der Waals surface area contributed by atoms with E-state index in [1.165, 1.54) is 0 Å². The van der Waals surface area contributed by atoms with Gasteiger partial charge in [-0.05, 0) is 48.9 Å². The van der Waals surface area contributed by atoms with Crippen LogP contribution in [-0.4, -0.2) is 20.5 Å². The van der Waals surface area contributed by atoms with E-state index in [0.717, 1.165) is 44.3 Å². The summed E-state index contributed by atoms with van der Waals surface area (Å²) in [6.45, 7) is 2.03. The molecule has 0 fully saturated rings. The highest BCUT2D eigenvalue weighted by Gasteiger charge is 2.31. The van der Waals surface area contributed by atoms with Crippen molar-refractivity contribution in [3.63, 3.8) is 0 Å². The Kier molecular flexibility index (Phi) is 4.20. The van der Waals surface area contributed by atoms with Gasteiger partial charge in [-0.2, -0.15) is 5.10 Å². The number of hydrogen-bond acceptors (Lipinski definition) is 4. The Hall–Kier alpha value is -2.99. The second-order valence-corrected chi connectivity index (χ2v) is 7.66. The highest BCUT2D eigenvalue weighted by Crippen LogP contribution is 2.41. The molecule has 4 aromatic rings. The number of benzene rings is 1. The lowest BCUT2D eigenvalue weighted by Gasteiger charge is -2.23. The van der Waals surface area contributed by atoms with Crippen LogP contribution < -0.4 is 0 Å². The van der Waals surface area contributed by atoms with Gasteiger partial charge in [0.25, 0.3) is 0 Å². The molecule has 1 atom stereocenters. The van der Waals surface area contributed by atoms with Crippen molar-refractivity contribution in [2.24, 2.45) is 4.99 Å². The molecular weight excluding hydrogens is 416 g/mol. The molecule has 5 nitrogen and oxygen atoms in total. The maximum atomic E-state index is 5.65. The fraction of sp³-hybridized carbons (Fsp3) is 0.136. The Morgan fingerprint density at radius 2 is 1.93 bits per heavy atom. The first kappa shape index (κ1) is 17.1. The Morgan fingerprint density at radius 3 is 2.64 bits per heavy atom. The first-order chi connectivity index (χ1) is 13.7. The minimum absolute atomic E-state index is 0.0308. The quantitative estimate of drug-likeness (QED) is 0.415. The third-order valence-corrected chi connectivity index (χ3v) is 5.48. The number of pyridine rings is 1. The van der Waals surface area contributed by atoms with Gasteiger partial charge in [-0.25, -0.2) is 9.67 Å². The number of nitrogens with zero attached hydrogens (tertiary/aromatic N) is 4. The molecule has 0 bridgehead atoms. The highest BCUT2D eigenvalue weighted by atomic mass is 79.9. The largest absolute Gasteiger partial charge is 0.463 e. The van der Waals surface area contributed by atoms with E-state index in [1.807, 2.05) is 60.3 Å². The van der Waals surface area contributed by atoms with Crippen LogP contribution in [0.5, 0.6) is 0 Å². The molecular formula is C22H17BrN4O. The van der Waals surface area contributed by atoms with Crippen LogP contribution in [0, 0.1) is 6.92 Å². The van der Waals surface area contributed by atoms with Crippen molar-refractivity contribution in [2.75, 3.05) is 0 Å². The van der Waals surface area contributed by atoms with Crippen molar-refractivity contribution < 1.29 is 4.42 Å². The molecule has 0 amide bonds. The number of hydrogen-bond donors (Lipinski definition) is 0. The smallest absolute Gasteiger partial charge is 0.159 e. The zero-order valence-electron chi connectivity index (χ0n) is 15.2. The lowest BCUT2D eigenvalue weighted by molar-refractivity contribution is 0.505. The monoisotopic (exact) mass is 432 g/mol.